The summed E-state index contributed by atoms with van der Waals surface area (Å²) in [5, 5.41) is 0.667. The van der Waals surface area contributed by atoms with Crippen molar-refractivity contribution in [2.24, 2.45) is 5.73 Å². The molecule has 0 aliphatic carbocycles. The zero-order valence-corrected chi connectivity index (χ0v) is 19.4. The predicted molar refractivity (Wildman–Crippen MR) is 123 cm³/mol. The standard InChI is InChI=1S/C19H27FN4O3S.2ClH/c1-3-16(21)19(25)23-8-5-9-24(13(2)12-23)28(26,27)17-7-4-6-14-10-22-11-15(20)18(14)17;;/h4,6-7,10-11,13,16,26-27H,3,5,8-9,12,21H2,1-2H3;2*1H/t13-,16-;;/m0../s1. The lowest BCUT2D eigenvalue weighted by molar-refractivity contribution is -0.132. The number of nitrogens with two attached hydrogens (primary N) is 1. The zero-order valence-electron chi connectivity index (χ0n) is 16.9. The van der Waals surface area contributed by atoms with Crippen LogP contribution in [0.1, 0.15) is 26.7 Å². The van der Waals surface area contributed by atoms with Crippen molar-refractivity contribution in [3.05, 3.63) is 36.4 Å². The van der Waals surface area contributed by atoms with Crippen LogP contribution in [0.5, 0.6) is 0 Å². The van der Waals surface area contributed by atoms with Crippen LogP contribution in [0.25, 0.3) is 10.8 Å². The van der Waals surface area contributed by atoms with Gasteiger partial charge in [-0.15, -0.1) is 35.6 Å². The summed E-state index contributed by atoms with van der Waals surface area (Å²) in [6, 6.07) is 3.99. The fraction of sp³-hybridized carbons (Fsp3) is 0.474. The smallest absolute Gasteiger partial charge is 0.239 e. The highest BCUT2D eigenvalue weighted by Gasteiger charge is 2.35. The van der Waals surface area contributed by atoms with E-state index in [4.69, 9.17) is 5.73 Å². The third-order valence-electron chi connectivity index (χ3n) is 5.17. The average Bonchev–Trinajstić information content (AvgIpc) is 2.88. The fourth-order valence-corrected chi connectivity index (χ4v) is 5.60. The molecule has 1 aliphatic heterocycles. The lowest BCUT2D eigenvalue weighted by Crippen LogP contribution is -2.47. The van der Waals surface area contributed by atoms with Gasteiger partial charge in [-0.2, -0.15) is 4.31 Å². The Balaban J connectivity index is 0.00000225. The van der Waals surface area contributed by atoms with Crippen LogP contribution >= 0.6 is 35.6 Å². The summed E-state index contributed by atoms with van der Waals surface area (Å²) >= 11 is 0. The van der Waals surface area contributed by atoms with Gasteiger partial charge in [-0.25, -0.2) is 4.39 Å². The highest BCUT2D eigenvalue weighted by atomic mass is 35.5. The van der Waals surface area contributed by atoms with Gasteiger partial charge in [0.1, 0.15) is 0 Å². The number of fused-ring (bicyclic) bond motifs is 1. The monoisotopic (exact) mass is 482 g/mol. The average molecular weight is 483 g/mol. The Labute approximate surface area is 190 Å². The van der Waals surface area contributed by atoms with E-state index in [0.29, 0.717) is 37.9 Å². The van der Waals surface area contributed by atoms with Gasteiger partial charge in [-0.05, 0) is 25.8 Å². The van der Waals surface area contributed by atoms with Crippen LogP contribution < -0.4 is 5.73 Å². The van der Waals surface area contributed by atoms with E-state index in [2.05, 4.69) is 4.98 Å². The number of amides is 1. The summed E-state index contributed by atoms with van der Waals surface area (Å²) in [5.74, 6) is -0.726. The van der Waals surface area contributed by atoms with E-state index in [1.807, 2.05) is 13.8 Å². The summed E-state index contributed by atoms with van der Waals surface area (Å²) < 4.78 is 38.4. The summed E-state index contributed by atoms with van der Waals surface area (Å²) in [7, 11) is -3.46. The second-order valence-corrected chi connectivity index (χ2v) is 9.08. The molecule has 2 heterocycles. The van der Waals surface area contributed by atoms with Crippen molar-refractivity contribution in [1.29, 1.82) is 0 Å². The van der Waals surface area contributed by atoms with E-state index in [1.165, 1.54) is 12.3 Å². The number of halogens is 3. The molecule has 0 radical (unpaired) electrons. The molecule has 2 aromatic rings. The predicted octanol–water partition coefficient (Wildman–Crippen LogP) is 3.90. The maximum absolute atomic E-state index is 14.5. The first kappa shape index (κ1) is 26.8. The maximum atomic E-state index is 14.5. The Kier molecular flexibility index (Phi) is 9.75. The van der Waals surface area contributed by atoms with Crippen LogP contribution in [0.4, 0.5) is 4.39 Å². The molecule has 30 heavy (non-hydrogen) atoms. The molecular weight excluding hydrogens is 454 g/mol. The Morgan fingerprint density at radius 3 is 2.70 bits per heavy atom. The topological polar surface area (TPSA) is 103 Å². The first-order valence-electron chi connectivity index (χ1n) is 9.39. The van der Waals surface area contributed by atoms with E-state index in [9.17, 15) is 18.3 Å². The molecule has 170 valence electrons. The second-order valence-electron chi connectivity index (χ2n) is 7.14. The van der Waals surface area contributed by atoms with Crippen LogP contribution in [-0.4, -0.2) is 60.9 Å². The number of pyridine rings is 1. The Bertz CT molecular complexity index is 872. The Morgan fingerprint density at radius 1 is 1.33 bits per heavy atom. The highest BCUT2D eigenvalue weighted by molar-refractivity contribution is 8.22. The molecule has 1 aromatic carbocycles. The van der Waals surface area contributed by atoms with Crippen LogP contribution in [0.15, 0.2) is 35.5 Å². The minimum absolute atomic E-state index is 0. The number of carbonyl (C=O) groups excluding carboxylic acids is 1. The van der Waals surface area contributed by atoms with Crippen molar-refractivity contribution in [2.75, 3.05) is 19.6 Å². The summed E-state index contributed by atoms with van der Waals surface area (Å²) in [5.41, 5.74) is 5.89. The first-order chi connectivity index (χ1) is 13.3. The van der Waals surface area contributed by atoms with Gasteiger partial charge in [0.05, 0.1) is 17.1 Å². The molecule has 1 aliphatic rings. The molecule has 4 N–H and O–H groups in total. The molecule has 2 atom stereocenters. The van der Waals surface area contributed by atoms with Crippen LogP contribution in [-0.2, 0) is 4.79 Å². The maximum Gasteiger partial charge on any atom is 0.239 e. The van der Waals surface area contributed by atoms with E-state index in [0.717, 1.165) is 6.20 Å². The number of aromatic nitrogens is 1. The van der Waals surface area contributed by atoms with Gasteiger partial charge in [-0.3, -0.25) is 18.9 Å². The molecule has 7 nitrogen and oxygen atoms in total. The van der Waals surface area contributed by atoms with Gasteiger partial charge in [0.2, 0.25) is 5.91 Å². The van der Waals surface area contributed by atoms with E-state index in [1.54, 1.807) is 21.3 Å². The Hall–Kier alpha value is -1.20. The first-order valence-corrected chi connectivity index (χ1v) is 10.9. The number of nitrogens with zero attached hydrogens (tertiary/aromatic N) is 3. The molecule has 11 heteroatoms. The quantitative estimate of drug-likeness (QED) is 0.610. The molecule has 0 unspecified atom stereocenters. The van der Waals surface area contributed by atoms with Crippen LogP contribution in [0.2, 0.25) is 0 Å². The molecule has 1 saturated heterocycles. The molecule has 0 bridgehead atoms. The van der Waals surface area contributed by atoms with Gasteiger partial charge in [0.25, 0.3) is 0 Å². The lowest BCUT2D eigenvalue weighted by Gasteiger charge is -2.46. The van der Waals surface area contributed by atoms with E-state index < -0.39 is 22.6 Å². The number of rotatable bonds is 4. The number of hydrogen-bond donors (Lipinski definition) is 3. The van der Waals surface area contributed by atoms with Gasteiger partial charge in [0, 0.05) is 42.6 Å². The van der Waals surface area contributed by atoms with Gasteiger partial charge >= 0.3 is 0 Å². The molecule has 1 fully saturated rings. The van der Waals surface area contributed by atoms with Gasteiger partial charge in [0.15, 0.2) is 5.82 Å². The number of hydrogen-bond acceptors (Lipinski definition) is 6. The minimum atomic E-state index is -3.46. The molecule has 1 amide bonds. The summed E-state index contributed by atoms with van der Waals surface area (Å²) in [6.07, 6.45) is 3.68. The lowest BCUT2D eigenvalue weighted by atomic mass is 10.2. The van der Waals surface area contributed by atoms with Crippen molar-refractivity contribution in [1.82, 2.24) is 14.2 Å². The van der Waals surface area contributed by atoms with E-state index in [-0.39, 0.29) is 47.0 Å². The third-order valence-corrected chi connectivity index (χ3v) is 7.30. The van der Waals surface area contributed by atoms with Crippen LogP contribution in [0.3, 0.4) is 0 Å². The fourth-order valence-electron chi connectivity index (χ4n) is 3.64. The Morgan fingerprint density at radius 2 is 2.03 bits per heavy atom. The van der Waals surface area contributed by atoms with Crippen molar-refractivity contribution >= 4 is 52.3 Å². The van der Waals surface area contributed by atoms with Crippen molar-refractivity contribution in [3.8, 4) is 0 Å². The molecular formula is C19H29Cl2FN4O3S. The second kappa shape index (κ2) is 10.9. The van der Waals surface area contributed by atoms with Gasteiger partial charge < -0.3 is 10.6 Å². The number of benzene rings is 1. The number of carbonyl (C=O) groups is 1. The highest BCUT2D eigenvalue weighted by Crippen LogP contribution is 2.55. The molecule has 3 rings (SSSR count). The molecule has 1 aromatic heterocycles. The van der Waals surface area contributed by atoms with Crippen molar-refractivity contribution in [3.63, 3.8) is 0 Å². The zero-order chi connectivity index (χ0) is 20.5. The van der Waals surface area contributed by atoms with Gasteiger partial charge in [-0.1, -0.05) is 19.1 Å². The van der Waals surface area contributed by atoms with Crippen LogP contribution in [0, 0.1) is 5.82 Å². The SMILES string of the molecule is CC[C@H](N)C(=O)N1CCCN(S(O)(O)c2cccc3cncc(F)c23)[C@@H](C)C1.Cl.Cl. The molecule has 0 saturated carbocycles. The minimum Gasteiger partial charge on any atom is -0.340 e. The van der Waals surface area contributed by atoms with E-state index >= 15 is 0 Å². The summed E-state index contributed by atoms with van der Waals surface area (Å²) in [4.78, 5) is 18.1. The largest absolute Gasteiger partial charge is 0.340 e. The normalized spacial score (nSPS) is 19.4. The van der Waals surface area contributed by atoms with Crippen molar-refractivity contribution in [2.45, 2.75) is 43.7 Å². The van der Waals surface area contributed by atoms with Crippen molar-refractivity contribution < 1.29 is 18.3 Å². The molecule has 0 spiro atoms. The summed E-state index contributed by atoms with van der Waals surface area (Å²) in [6.45, 7) is 4.89. The third kappa shape index (κ3) is 5.16.